The van der Waals surface area contributed by atoms with E-state index in [1.54, 1.807) is 25.2 Å². The number of carbonyl (C=O) groups excluding carboxylic acids is 2. The number of rotatable bonds is 4. The number of fused-ring (bicyclic) bond motifs is 1. The molecule has 2 heterocycles. The molecule has 0 aliphatic carbocycles. The monoisotopic (exact) mass is 347 g/mol. The van der Waals surface area contributed by atoms with E-state index in [1.165, 1.54) is 16.2 Å². The van der Waals surface area contributed by atoms with E-state index in [0.29, 0.717) is 23.7 Å². The Bertz CT molecular complexity index is 776. The maximum Gasteiger partial charge on any atom is 0.319 e. The maximum atomic E-state index is 12.1. The molecule has 1 aliphatic rings. The third kappa shape index (κ3) is 3.30. The summed E-state index contributed by atoms with van der Waals surface area (Å²) in [5.41, 5.74) is 1.06. The Morgan fingerprint density at radius 1 is 1.38 bits per heavy atom. The minimum absolute atomic E-state index is 0.00401. The summed E-state index contributed by atoms with van der Waals surface area (Å²) in [6.45, 7) is 2.29. The van der Waals surface area contributed by atoms with Crippen LogP contribution in [0.2, 0.25) is 0 Å². The smallest absolute Gasteiger partial charge is 0.319 e. The molecule has 2 aromatic rings. The van der Waals surface area contributed by atoms with Gasteiger partial charge in [0.25, 0.3) is 5.91 Å². The van der Waals surface area contributed by atoms with Crippen molar-refractivity contribution in [2.24, 2.45) is 0 Å². The highest BCUT2D eigenvalue weighted by molar-refractivity contribution is 7.11. The van der Waals surface area contributed by atoms with Crippen LogP contribution in [0.15, 0.2) is 18.2 Å². The van der Waals surface area contributed by atoms with Gasteiger partial charge in [-0.25, -0.2) is 4.79 Å². The minimum Gasteiger partial charge on any atom is -0.481 e. The quantitative estimate of drug-likeness (QED) is 0.879. The number of urea groups is 1. The van der Waals surface area contributed by atoms with Crippen molar-refractivity contribution in [3.63, 3.8) is 0 Å². The van der Waals surface area contributed by atoms with E-state index in [4.69, 9.17) is 4.74 Å². The van der Waals surface area contributed by atoms with Gasteiger partial charge in [-0.3, -0.25) is 4.79 Å². The molecule has 0 atom stereocenters. The lowest BCUT2D eigenvalue weighted by molar-refractivity contribution is -0.120. The largest absolute Gasteiger partial charge is 0.481 e. The van der Waals surface area contributed by atoms with Crippen LogP contribution < -0.4 is 20.3 Å². The number of carbonyl (C=O) groups is 2. The van der Waals surface area contributed by atoms with Gasteiger partial charge >= 0.3 is 6.03 Å². The number of nitrogens with one attached hydrogen (secondary N) is 2. The molecule has 0 radical (unpaired) electrons. The van der Waals surface area contributed by atoms with Gasteiger partial charge in [0.15, 0.2) is 6.61 Å². The van der Waals surface area contributed by atoms with Crippen LogP contribution in [-0.4, -0.2) is 35.8 Å². The number of likely N-dealkylation sites (N-methyl/N-ethyl adjacent to an activating group) is 1. The van der Waals surface area contributed by atoms with Gasteiger partial charge in [-0.1, -0.05) is 24.3 Å². The zero-order valence-electron chi connectivity index (χ0n) is 13.3. The van der Waals surface area contributed by atoms with Gasteiger partial charge in [0, 0.05) is 7.05 Å². The van der Waals surface area contributed by atoms with Crippen LogP contribution >= 0.6 is 11.3 Å². The van der Waals surface area contributed by atoms with Crippen molar-refractivity contribution in [3.05, 3.63) is 28.2 Å². The van der Waals surface area contributed by atoms with E-state index in [2.05, 4.69) is 20.8 Å². The molecule has 8 nitrogen and oxygen atoms in total. The molecule has 0 saturated heterocycles. The molecule has 126 valence electrons. The fraction of sp³-hybridized carbons (Fsp3) is 0.333. The molecule has 3 rings (SSSR count). The molecule has 0 bridgehead atoms. The minimum atomic E-state index is -0.386. The van der Waals surface area contributed by atoms with Crippen molar-refractivity contribution in [3.8, 4) is 5.75 Å². The maximum absolute atomic E-state index is 12.1. The van der Waals surface area contributed by atoms with Crippen molar-refractivity contribution in [1.82, 2.24) is 15.5 Å². The molecule has 1 aromatic carbocycles. The highest BCUT2D eigenvalue weighted by Gasteiger charge is 2.25. The summed E-state index contributed by atoms with van der Waals surface area (Å²) in [7, 11) is 1.65. The lowest BCUT2D eigenvalue weighted by atomic mass is 10.2. The molecule has 3 amide bonds. The summed E-state index contributed by atoms with van der Waals surface area (Å²) >= 11 is 1.47. The number of ether oxygens (including phenoxy) is 1. The second-order valence-corrected chi connectivity index (χ2v) is 6.29. The molecule has 0 fully saturated rings. The van der Waals surface area contributed by atoms with Gasteiger partial charge in [-0.2, -0.15) is 0 Å². The van der Waals surface area contributed by atoms with Crippen LogP contribution in [-0.2, 0) is 17.8 Å². The van der Waals surface area contributed by atoms with E-state index < -0.39 is 0 Å². The first-order valence-corrected chi connectivity index (χ1v) is 8.28. The van der Waals surface area contributed by atoms with Gasteiger partial charge in [0.2, 0.25) is 0 Å². The molecular formula is C15H17N5O3S. The summed E-state index contributed by atoms with van der Waals surface area (Å²) in [6.07, 6.45) is 0.820. The van der Waals surface area contributed by atoms with Gasteiger partial charge in [-0.15, -0.1) is 10.2 Å². The van der Waals surface area contributed by atoms with Gasteiger partial charge in [0.1, 0.15) is 21.5 Å². The summed E-state index contributed by atoms with van der Waals surface area (Å²) < 4.78 is 5.39. The fourth-order valence-electron chi connectivity index (χ4n) is 2.27. The Kier molecular flexibility index (Phi) is 4.61. The first-order chi connectivity index (χ1) is 11.6. The summed E-state index contributed by atoms with van der Waals surface area (Å²) in [6, 6.07) is 4.85. The molecule has 0 saturated carbocycles. The van der Waals surface area contributed by atoms with E-state index in [0.717, 1.165) is 16.4 Å². The molecule has 24 heavy (non-hydrogen) atoms. The SMILES string of the molecule is CCc1nnc(CNC(=O)Nc2cccc3c2N(C)C(=O)CO3)s1. The average Bonchev–Trinajstić information content (AvgIpc) is 3.05. The molecule has 0 spiro atoms. The van der Waals surface area contributed by atoms with E-state index in [-0.39, 0.29) is 18.5 Å². The van der Waals surface area contributed by atoms with Gasteiger partial charge < -0.3 is 20.3 Å². The average molecular weight is 347 g/mol. The van der Waals surface area contributed by atoms with Crippen molar-refractivity contribution in [2.75, 3.05) is 23.9 Å². The summed E-state index contributed by atoms with van der Waals surface area (Å²) in [5.74, 6) is 0.393. The standard InChI is InChI=1S/C15H17N5O3S/c1-3-11-18-19-12(24-11)7-16-15(22)17-9-5-4-6-10-14(9)20(2)13(21)8-23-10/h4-6H,3,7-8H2,1-2H3,(H2,16,17,22). The van der Waals surface area contributed by atoms with Crippen molar-refractivity contribution in [1.29, 1.82) is 0 Å². The molecule has 0 unspecified atom stereocenters. The number of aromatic nitrogens is 2. The number of amides is 3. The summed E-state index contributed by atoms with van der Waals surface area (Å²) in [5, 5.41) is 15.2. The zero-order valence-corrected chi connectivity index (χ0v) is 14.1. The van der Waals surface area contributed by atoms with Crippen molar-refractivity contribution < 1.29 is 14.3 Å². The molecule has 2 N–H and O–H groups in total. The van der Waals surface area contributed by atoms with Crippen LogP contribution in [0.3, 0.4) is 0 Å². The second kappa shape index (κ2) is 6.83. The Hall–Kier alpha value is -2.68. The number of benzene rings is 1. The van der Waals surface area contributed by atoms with Crippen molar-refractivity contribution >= 4 is 34.6 Å². The van der Waals surface area contributed by atoms with Gasteiger partial charge in [-0.05, 0) is 18.6 Å². The van der Waals surface area contributed by atoms with Crippen LogP contribution in [0.1, 0.15) is 16.9 Å². The predicted molar refractivity (Wildman–Crippen MR) is 90.5 cm³/mol. The first-order valence-electron chi connectivity index (χ1n) is 7.47. The molecule has 9 heteroatoms. The second-order valence-electron chi connectivity index (χ2n) is 5.14. The Morgan fingerprint density at radius 2 is 2.17 bits per heavy atom. The number of para-hydroxylation sites is 1. The first kappa shape index (κ1) is 16.2. The van der Waals surface area contributed by atoms with E-state index in [9.17, 15) is 9.59 Å². The van der Waals surface area contributed by atoms with Gasteiger partial charge in [0.05, 0.1) is 12.2 Å². The Balaban J connectivity index is 1.67. The molecule has 1 aromatic heterocycles. The topological polar surface area (TPSA) is 96.5 Å². The van der Waals surface area contributed by atoms with E-state index in [1.807, 2.05) is 6.92 Å². The summed E-state index contributed by atoms with van der Waals surface area (Å²) in [4.78, 5) is 25.4. The highest BCUT2D eigenvalue weighted by Crippen LogP contribution is 2.37. The number of hydrogen-bond donors (Lipinski definition) is 2. The predicted octanol–water partition coefficient (Wildman–Crippen LogP) is 1.78. The highest BCUT2D eigenvalue weighted by atomic mass is 32.1. The number of hydrogen-bond acceptors (Lipinski definition) is 6. The van der Waals surface area contributed by atoms with Crippen LogP contribution in [0.4, 0.5) is 16.2 Å². The lowest BCUT2D eigenvalue weighted by Crippen LogP contribution is -2.37. The third-order valence-electron chi connectivity index (χ3n) is 3.52. The normalized spacial score (nSPS) is 13.2. The van der Waals surface area contributed by atoms with Crippen LogP contribution in [0.25, 0.3) is 0 Å². The molecular weight excluding hydrogens is 330 g/mol. The van der Waals surface area contributed by atoms with Crippen molar-refractivity contribution in [2.45, 2.75) is 19.9 Å². The molecule has 1 aliphatic heterocycles. The Morgan fingerprint density at radius 3 is 2.92 bits per heavy atom. The Labute approximate surface area is 142 Å². The number of anilines is 2. The number of nitrogens with zero attached hydrogens (tertiary/aromatic N) is 3. The van der Waals surface area contributed by atoms with Crippen LogP contribution in [0, 0.1) is 0 Å². The third-order valence-corrected chi connectivity index (χ3v) is 4.59. The fourth-order valence-corrected chi connectivity index (χ4v) is 3.00. The van der Waals surface area contributed by atoms with Crippen LogP contribution in [0.5, 0.6) is 5.75 Å². The number of aryl methyl sites for hydroxylation is 1. The lowest BCUT2D eigenvalue weighted by Gasteiger charge is -2.28. The van der Waals surface area contributed by atoms with E-state index >= 15 is 0 Å². The zero-order chi connectivity index (χ0) is 17.1.